The Morgan fingerprint density at radius 1 is 1.35 bits per heavy atom. The van der Waals surface area contributed by atoms with Crippen molar-refractivity contribution >= 4 is 35.9 Å². The summed E-state index contributed by atoms with van der Waals surface area (Å²) in [5.41, 5.74) is 0. The van der Waals surface area contributed by atoms with Crippen LogP contribution in [0, 0.1) is 5.92 Å². The van der Waals surface area contributed by atoms with Gasteiger partial charge in [-0.05, 0) is 13.3 Å². The number of hydrogen-bond donors (Lipinski definition) is 2. The van der Waals surface area contributed by atoms with E-state index in [2.05, 4.69) is 27.3 Å². The minimum absolute atomic E-state index is 0. The molecule has 0 bridgehead atoms. The van der Waals surface area contributed by atoms with E-state index in [9.17, 15) is 4.79 Å². The van der Waals surface area contributed by atoms with E-state index in [4.69, 9.17) is 0 Å². The molecule has 0 spiro atoms. The van der Waals surface area contributed by atoms with Crippen LogP contribution in [0.25, 0.3) is 0 Å². The van der Waals surface area contributed by atoms with E-state index in [0.29, 0.717) is 6.54 Å². The lowest BCUT2D eigenvalue weighted by atomic mass is 10.2. The summed E-state index contributed by atoms with van der Waals surface area (Å²) in [7, 11) is 1.39. The molecule has 0 fully saturated rings. The summed E-state index contributed by atoms with van der Waals surface area (Å²) in [5, 5.41) is 6.29. The highest BCUT2D eigenvalue weighted by Gasteiger charge is 2.12. The monoisotopic (exact) mass is 357 g/mol. The molecule has 0 aliphatic carbocycles. The SMILES string of the molecule is CCCNC(=NCC(C)C(=O)OC)NCC.I. The zero-order valence-corrected chi connectivity index (χ0v) is 13.4. The molecule has 5 nitrogen and oxygen atoms in total. The Morgan fingerprint density at radius 3 is 2.47 bits per heavy atom. The number of carbonyl (C=O) groups is 1. The van der Waals surface area contributed by atoms with Crippen LogP contribution in [0.4, 0.5) is 0 Å². The third-order valence-electron chi connectivity index (χ3n) is 2.01. The van der Waals surface area contributed by atoms with Crippen LogP contribution in [0.1, 0.15) is 27.2 Å². The summed E-state index contributed by atoms with van der Waals surface area (Å²) in [4.78, 5) is 15.5. The first kappa shape index (κ1) is 18.8. The first-order valence-corrected chi connectivity index (χ1v) is 5.75. The smallest absolute Gasteiger partial charge is 0.310 e. The van der Waals surface area contributed by atoms with Crippen LogP contribution < -0.4 is 10.6 Å². The molecule has 0 radical (unpaired) electrons. The molecule has 0 saturated heterocycles. The molecule has 1 unspecified atom stereocenters. The fourth-order valence-corrected chi connectivity index (χ4v) is 1.09. The maximum Gasteiger partial charge on any atom is 0.310 e. The van der Waals surface area contributed by atoms with Gasteiger partial charge in [0.25, 0.3) is 0 Å². The van der Waals surface area contributed by atoms with Crippen molar-refractivity contribution in [2.45, 2.75) is 27.2 Å². The molecule has 0 aromatic heterocycles. The van der Waals surface area contributed by atoms with Gasteiger partial charge in [0.15, 0.2) is 5.96 Å². The Bertz CT molecular complexity index is 235. The molecule has 0 rings (SSSR count). The standard InChI is InChI=1S/C11H23N3O2.HI/c1-5-7-13-11(12-6-2)14-8-9(3)10(15)16-4;/h9H,5-8H2,1-4H3,(H2,12,13,14);1H. The van der Waals surface area contributed by atoms with Crippen LogP contribution in [-0.2, 0) is 9.53 Å². The van der Waals surface area contributed by atoms with Crippen LogP contribution in [-0.4, -0.2) is 38.7 Å². The van der Waals surface area contributed by atoms with Gasteiger partial charge in [0, 0.05) is 13.1 Å². The first-order chi connectivity index (χ1) is 7.65. The number of halogens is 1. The zero-order chi connectivity index (χ0) is 12.4. The van der Waals surface area contributed by atoms with Gasteiger partial charge in [0.2, 0.25) is 0 Å². The second-order valence-electron chi connectivity index (χ2n) is 3.57. The molecular weight excluding hydrogens is 333 g/mol. The van der Waals surface area contributed by atoms with Crippen LogP contribution in [0.3, 0.4) is 0 Å². The van der Waals surface area contributed by atoms with Gasteiger partial charge in [-0.15, -0.1) is 24.0 Å². The van der Waals surface area contributed by atoms with Crippen molar-refractivity contribution in [1.82, 2.24) is 10.6 Å². The predicted octanol–water partition coefficient (Wildman–Crippen LogP) is 1.38. The number of aliphatic imine (C=N–C) groups is 1. The summed E-state index contributed by atoms with van der Waals surface area (Å²) in [6.45, 7) is 8.02. The van der Waals surface area contributed by atoms with Gasteiger partial charge in [-0.1, -0.05) is 13.8 Å². The van der Waals surface area contributed by atoms with Gasteiger partial charge in [-0.25, -0.2) is 0 Å². The summed E-state index contributed by atoms with van der Waals surface area (Å²) < 4.78 is 4.64. The van der Waals surface area contributed by atoms with E-state index in [1.54, 1.807) is 6.92 Å². The van der Waals surface area contributed by atoms with Gasteiger partial charge in [-0.3, -0.25) is 9.79 Å². The Morgan fingerprint density at radius 2 is 2.00 bits per heavy atom. The molecule has 17 heavy (non-hydrogen) atoms. The molecular formula is C11H24IN3O2. The number of rotatable bonds is 6. The maximum atomic E-state index is 11.2. The topological polar surface area (TPSA) is 62.7 Å². The largest absolute Gasteiger partial charge is 0.469 e. The van der Waals surface area contributed by atoms with Gasteiger partial charge >= 0.3 is 5.97 Å². The number of carbonyl (C=O) groups excluding carboxylic acids is 1. The number of esters is 1. The van der Waals surface area contributed by atoms with E-state index in [-0.39, 0.29) is 35.9 Å². The van der Waals surface area contributed by atoms with Crippen LogP contribution in [0.5, 0.6) is 0 Å². The number of guanidine groups is 1. The number of ether oxygens (including phenoxy) is 1. The summed E-state index contributed by atoms with van der Waals surface area (Å²) in [6.07, 6.45) is 1.04. The normalized spacial score (nSPS) is 12.4. The highest BCUT2D eigenvalue weighted by Crippen LogP contribution is 1.97. The molecule has 0 aliphatic rings. The van der Waals surface area contributed by atoms with Crippen molar-refractivity contribution in [2.75, 3.05) is 26.7 Å². The average Bonchev–Trinajstić information content (AvgIpc) is 2.31. The lowest BCUT2D eigenvalue weighted by Gasteiger charge is -2.11. The Kier molecular flexibility index (Phi) is 13.2. The molecule has 0 heterocycles. The Balaban J connectivity index is 0. The zero-order valence-electron chi connectivity index (χ0n) is 11.1. The number of methoxy groups -OCH3 is 1. The lowest BCUT2D eigenvalue weighted by molar-refractivity contribution is -0.144. The molecule has 102 valence electrons. The number of nitrogens with zero attached hydrogens (tertiary/aromatic N) is 1. The van der Waals surface area contributed by atoms with E-state index in [1.165, 1.54) is 7.11 Å². The molecule has 0 aromatic rings. The summed E-state index contributed by atoms with van der Waals surface area (Å²) >= 11 is 0. The second-order valence-corrected chi connectivity index (χ2v) is 3.57. The molecule has 2 N–H and O–H groups in total. The van der Waals surface area contributed by atoms with E-state index < -0.39 is 0 Å². The van der Waals surface area contributed by atoms with Crippen molar-refractivity contribution < 1.29 is 9.53 Å². The van der Waals surface area contributed by atoms with E-state index in [1.807, 2.05) is 6.92 Å². The summed E-state index contributed by atoms with van der Waals surface area (Å²) in [6, 6.07) is 0. The van der Waals surface area contributed by atoms with Gasteiger partial charge in [0.1, 0.15) is 0 Å². The minimum atomic E-state index is -0.227. The maximum absolute atomic E-state index is 11.2. The van der Waals surface area contributed by atoms with Gasteiger partial charge in [0.05, 0.1) is 19.6 Å². The van der Waals surface area contributed by atoms with Crippen molar-refractivity contribution in [3.8, 4) is 0 Å². The van der Waals surface area contributed by atoms with Gasteiger partial charge < -0.3 is 15.4 Å². The number of hydrogen-bond acceptors (Lipinski definition) is 3. The van der Waals surface area contributed by atoms with Crippen LogP contribution in [0.2, 0.25) is 0 Å². The van der Waals surface area contributed by atoms with Crippen LogP contribution >= 0.6 is 24.0 Å². The molecule has 6 heteroatoms. The third kappa shape index (κ3) is 9.20. The van der Waals surface area contributed by atoms with Crippen LogP contribution in [0.15, 0.2) is 4.99 Å². The second kappa shape index (κ2) is 11.9. The quantitative estimate of drug-likeness (QED) is 0.326. The van der Waals surface area contributed by atoms with Crippen molar-refractivity contribution in [3.05, 3.63) is 0 Å². The Hall–Kier alpha value is -0.530. The van der Waals surface area contributed by atoms with E-state index in [0.717, 1.165) is 25.5 Å². The molecule has 0 saturated carbocycles. The molecule has 0 amide bonds. The lowest BCUT2D eigenvalue weighted by Crippen LogP contribution is -2.38. The fraction of sp³-hybridized carbons (Fsp3) is 0.818. The van der Waals surface area contributed by atoms with Crippen molar-refractivity contribution in [1.29, 1.82) is 0 Å². The molecule has 0 aliphatic heterocycles. The van der Waals surface area contributed by atoms with Crippen molar-refractivity contribution in [2.24, 2.45) is 10.9 Å². The predicted molar refractivity (Wildman–Crippen MR) is 80.9 cm³/mol. The Labute approximate surface area is 121 Å². The molecule has 1 atom stereocenters. The average molecular weight is 357 g/mol. The first-order valence-electron chi connectivity index (χ1n) is 5.75. The van der Waals surface area contributed by atoms with Gasteiger partial charge in [-0.2, -0.15) is 0 Å². The number of nitrogens with one attached hydrogen (secondary N) is 2. The van der Waals surface area contributed by atoms with E-state index >= 15 is 0 Å². The minimum Gasteiger partial charge on any atom is -0.469 e. The highest BCUT2D eigenvalue weighted by molar-refractivity contribution is 14.0. The fourth-order valence-electron chi connectivity index (χ4n) is 1.09. The van der Waals surface area contributed by atoms with Crippen molar-refractivity contribution in [3.63, 3.8) is 0 Å². The highest BCUT2D eigenvalue weighted by atomic mass is 127. The third-order valence-corrected chi connectivity index (χ3v) is 2.01. The summed E-state index contributed by atoms with van der Waals surface area (Å²) in [5.74, 6) is 0.317. The molecule has 0 aromatic carbocycles.